The Morgan fingerprint density at radius 1 is 1.11 bits per heavy atom. The van der Waals surface area contributed by atoms with Gasteiger partial charge in [-0.3, -0.25) is 0 Å². The minimum Gasteiger partial charge on any atom is -0.243 e. The van der Waals surface area contributed by atoms with Crippen LogP contribution in [0.3, 0.4) is 0 Å². The molecule has 0 aromatic rings. The monoisotopic (exact) mass is 123 g/mol. The second-order valence-electron chi connectivity index (χ2n) is 2.56. The predicted molar refractivity (Wildman–Crippen MR) is 34.5 cm³/mol. The van der Waals surface area contributed by atoms with Gasteiger partial charge >= 0.3 is 0 Å². The summed E-state index contributed by atoms with van der Waals surface area (Å²) in [5.74, 6) is 0.389. The van der Waals surface area contributed by atoms with E-state index in [0.29, 0.717) is 0 Å². The summed E-state index contributed by atoms with van der Waals surface area (Å²) in [5.41, 5.74) is 0. The van der Waals surface area contributed by atoms with Crippen LogP contribution in [0.1, 0.15) is 0 Å². The van der Waals surface area contributed by atoms with Gasteiger partial charge in [-0.25, -0.2) is 4.39 Å². The van der Waals surface area contributed by atoms with Crippen LogP contribution in [0.15, 0.2) is 24.3 Å². The largest absolute Gasteiger partial charge is 0.243 e. The lowest BCUT2D eigenvalue weighted by atomic mass is 10.3. The molecule has 0 N–H and O–H groups in total. The molecule has 1 fully saturated rings. The Kier molecular flexibility index (Phi) is 0.922. The number of hydrogen-bond acceptors (Lipinski definition) is 0. The molecule has 0 heterocycles. The average molecular weight is 123 g/mol. The van der Waals surface area contributed by atoms with Crippen molar-refractivity contribution in [2.24, 2.45) is 11.8 Å². The highest BCUT2D eigenvalue weighted by molar-refractivity contribution is 5.26. The van der Waals surface area contributed by atoms with Crippen molar-refractivity contribution in [3.05, 3.63) is 30.7 Å². The van der Waals surface area contributed by atoms with E-state index in [9.17, 15) is 4.39 Å². The molecule has 1 heteroatoms. The molecular weight excluding hydrogens is 115 g/mol. The summed E-state index contributed by atoms with van der Waals surface area (Å²) in [6.45, 7) is 0. The summed E-state index contributed by atoms with van der Waals surface area (Å²) >= 11 is 0. The zero-order chi connectivity index (χ0) is 6.27. The van der Waals surface area contributed by atoms with Crippen molar-refractivity contribution in [1.29, 1.82) is 0 Å². The maximum Gasteiger partial charge on any atom is 0.139 e. The zero-order valence-corrected chi connectivity index (χ0v) is 5.00. The molecular formula is C8H8F+. The third-order valence-corrected chi connectivity index (χ3v) is 1.93. The van der Waals surface area contributed by atoms with Crippen LogP contribution in [0.4, 0.5) is 4.39 Å². The Hall–Kier alpha value is -0.720. The van der Waals surface area contributed by atoms with Crippen LogP contribution in [0.5, 0.6) is 0 Å². The van der Waals surface area contributed by atoms with Gasteiger partial charge in [0.15, 0.2) is 0 Å². The smallest absolute Gasteiger partial charge is 0.139 e. The molecule has 0 amide bonds. The number of fused-ring (bicyclic) bond motifs is 1. The highest BCUT2D eigenvalue weighted by Gasteiger charge is 2.52. The first-order valence-corrected chi connectivity index (χ1v) is 3.22. The van der Waals surface area contributed by atoms with E-state index < -0.39 is 6.17 Å². The SMILES string of the molecule is FC1C2C=C[CH+]C=CC12. The van der Waals surface area contributed by atoms with Crippen molar-refractivity contribution in [2.75, 3.05) is 0 Å². The van der Waals surface area contributed by atoms with Gasteiger partial charge in [0.05, 0.1) is 11.8 Å². The van der Waals surface area contributed by atoms with Gasteiger partial charge in [0.25, 0.3) is 0 Å². The van der Waals surface area contributed by atoms with Gasteiger partial charge in [0.2, 0.25) is 0 Å². The standard InChI is InChI=1S/C8H8F/c9-8-6-4-2-1-3-5-7(6)8/h1-8H/q+1. The van der Waals surface area contributed by atoms with Crippen LogP contribution < -0.4 is 0 Å². The number of allylic oxidation sites excluding steroid dienone is 4. The predicted octanol–water partition coefficient (Wildman–Crippen LogP) is 1.90. The summed E-state index contributed by atoms with van der Waals surface area (Å²) in [6.07, 6.45) is 9.07. The summed E-state index contributed by atoms with van der Waals surface area (Å²) in [5, 5.41) is 0. The first-order chi connectivity index (χ1) is 4.39. The van der Waals surface area contributed by atoms with Crippen molar-refractivity contribution in [1.82, 2.24) is 0 Å². The maximum atomic E-state index is 12.5. The van der Waals surface area contributed by atoms with Crippen LogP contribution >= 0.6 is 0 Å². The molecule has 0 aliphatic heterocycles. The van der Waals surface area contributed by atoms with Crippen molar-refractivity contribution >= 4 is 0 Å². The lowest BCUT2D eigenvalue weighted by Gasteiger charge is -1.72. The highest BCUT2D eigenvalue weighted by atomic mass is 19.1. The molecule has 0 radical (unpaired) electrons. The van der Waals surface area contributed by atoms with Crippen molar-refractivity contribution in [3.8, 4) is 0 Å². The van der Waals surface area contributed by atoms with Crippen LogP contribution in [0.2, 0.25) is 0 Å². The second kappa shape index (κ2) is 1.63. The van der Waals surface area contributed by atoms with E-state index in [2.05, 4.69) is 0 Å². The van der Waals surface area contributed by atoms with Gasteiger partial charge in [-0.1, -0.05) is 0 Å². The van der Waals surface area contributed by atoms with Crippen molar-refractivity contribution in [2.45, 2.75) is 6.17 Å². The fourth-order valence-electron chi connectivity index (χ4n) is 1.24. The van der Waals surface area contributed by atoms with E-state index in [1.807, 2.05) is 30.7 Å². The van der Waals surface area contributed by atoms with Crippen LogP contribution in [0.25, 0.3) is 0 Å². The molecule has 9 heavy (non-hydrogen) atoms. The molecule has 0 saturated heterocycles. The minimum absolute atomic E-state index is 0.194. The van der Waals surface area contributed by atoms with E-state index in [0.717, 1.165) is 0 Å². The average Bonchev–Trinajstić information content (AvgIpc) is 2.51. The number of halogens is 1. The molecule has 0 aromatic carbocycles. The molecule has 0 aromatic heterocycles. The molecule has 2 atom stereocenters. The summed E-state index contributed by atoms with van der Waals surface area (Å²) in [7, 11) is 0. The van der Waals surface area contributed by atoms with Gasteiger partial charge in [-0.05, 0) is 0 Å². The van der Waals surface area contributed by atoms with E-state index in [1.54, 1.807) is 0 Å². The first kappa shape index (κ1) is 5.10. The maximum absolute atomic E-state index is 12.5. The molecule has 2 rings (SSSR count). The van der Waals surface area contributed by atoms with E-state index in [-0.39, 0.29) is 11.8 Å². The Balaban J connectivity index is 2.16. The van der Waals surface area contributed by atoms with Gasteiger partial charge in [-0.15, -0.1) is 0 Å². The number of hydrogen-bond donors (Lipinski definition) is 0. The topological polar surface area (TPSA) is 0 Å². The van der Waals surface area contributed by atoms with Crippen molar-refractivity contribution in [3.63, 3.8) is 0 Å². The first-order valence-electron chi connectivity index (χ1n) is 3.22. The fraction of sp³-hybridized carbons (Fsp3) is 0.375. The lowest BCUT2D eigenvalue weighted by Crippen LogP contribution is -1.72. The normalized spacial score (nSPS) is 45.2. The van der Waals surface area contributed by atoms with E-state index >= 15 is 0 Å². The van der Waals surface area contributed by atoms with Gasteiger partial charge in [0, 0.05) is 30.7 Å². The van der Waals surface area contributed by atoms with Gasteiger partial charge in [0.1, 0.15) is 6.17 Å². The van der Waals surface area contributed by atoms with Crippen LogP contribution in [-0.4, -0.2) is 6.17 Å². The fourth-order valence-corrected chi connectivity index (χ4v) is 1.24. The number of rotatable bonds is 0. The summed E-state index contributed by atoms with van der Waals surface area (Å²) < 4.78 is 12.5. The molecule has 46 valence electrons. The summed E-state index contributed by atoms with van der Waals surface area (Å²) in [4.78, 5) is 0. The Bertz CT molecular complexity index is 151. The Morgan fingerprint density at radius 3 is 2.22 bits per heavy atom. The second-order valence-corrected chi connectivity index (χ2v) is 2.56. The van der Waals surface area contributed by atoms with Crippen LogP contribution in [0, 0.1) is 18.3 Å². The van der Waals surface area contributed by atoms with Crippen molar-refractivity contribution < 1.29 is 4.39 Å². The molecule has 2 aliphatic rings. The molecule has 1 saturated carbocycles. The lowest BCUT2D eigenvalue weighted by molar-refractivity contribution is 0.451. The van der Waals surface area contributed by atoms with E-state index in [1.165, 1.54) is 0 Å². The Labute approximate surface area is 54.1 Å². The zero-order valence-electron chi connectivity index (χ0n) is 5.00. The third kappa shape index (κ3) is 0.680. The van der Waals surface area contributed by atoms with Crippen LogP contribution in [-0.2, 0) is 0 Å². The molecule has 0 spiro atoms. The molecule has 2 aliphatic carbocycles. The van der Waals surface area contributed by atoms with E-state index in [4.69, 9.17) is 0 Å². The highest BCUT2D eigenvalue weighted by Crippen LogP contribution is 2.45. The molecule has 0 bridgehead atoms. The quantitative estimate of drug-likeness (QED) is 0.431. The number of alkyl halides is 1. The van der Waals surface area contributed by atoms with Gasteiger partial charge < -0.3 is 0 Å². The van der Waals surface area contributed by atoms with Gasteiger partial charge in [-0.2, -0.15) is 0 Å². The summed E-state index contributed by atoms with van der Waals surface area (Å²) in [6, 6.07) is 0. The minimum atomic E-state index is -0.591. The Morgan fingerprint density at radius 2 is 1.67 bits per heavy atom. The molecule has 2 unspecified atom stereocenters. The third-order valence-electron chi connectivity index (χ3n) is 1.93. The molecule has 0 nitrogen and oxygen atoms in total.